The lowest BCUT2D eigenvalue weighted by atomic mass is 9.96. The van der Waals surface area contributed by atoms with Crippen molar-refractivity contribution in [3.05, 3.63) is 71.7 Å². The van der Waals surface area contributed by atoms with Gasteiger partial charge in [0.15, 0.2) is 0 Å². The molecule has 2 aromatic rings. The van der Waals surface area contributed by atoms with Crippen molar-refractivity contribution in [3.63, 3.8) is 0 Å². The number of nitrogens with two attached hydrogens (primary N) is 1. The number of hydrogen-bond acceptors (Lipinski definition) is 7. The molecule has 6 N–H and O–H groups in total. The Hall–Kier alpha value is -4.94. The molecule has 1 saturated heterocycles. The Balaban J connectivity index is 1.51. The molecule has 6 amide bonds. The van der Waals surface area contributed by atoms with E-state index >= 15 is 0 Å². The maximum atomic E-state index is 13.5. The fraction of sp³-hybridized carbons (Fsp3) is 0.471. The standard InChI is InChI=1S/C34H44N6O7/c35-32(44)27-13-5-6-16-36-29(41)14-3-4-15-31(43)40-17-7-11-25(22-40)33(45)39-28(20-26-12-8-18-47-26)34(46)37-21-24-10-2-1-9-23(24)19-30(42)38-27/h1-3,8-10,12,14,18,25,27-28H,4-7,11,13,15-17,19-22H2,(H2,35,44)(H,36,41)(H,37,46)(H,38,42)(H,39,45)/b14-3+/t25-,27+,28+/m1/s1. The highest BCUT2D eigenvalue weighted by Crippen LogP contribution is 2.19. The first-order valence-electron chi connectivity index (χ1n) is 16.2. The van der Waals surface area contributed by atoms with Gasteiger partial charge in [0.1, 0.15) is 17.8 Å². The molecule has 1 aromatic heterocycles. The van der Waals surface area contributed by atoms with Gasteiger partial charge in [-0.05, 0) is 67.9 Å². The van der Waals surface area contributed by atoms with E-state index in [1.54, 1.807) is 47.4 Å². The molecule has 3 heterocycles. The minimum atomic E-state index is -0.943. The van der Waals surface area contributed by atoms with E-state index in [1.165, 1.54) is 12.3 Å². The number of nitrogens with one attached hydrogen (secondary N) is 4. The average molecular weight is 649 g/mol. The summed E-state index contributed by atoms with van der Waals surface area (Å²) >= 11 is 0. The molecule has 2 aliphatic heterocycles. The van der Waals surface area contributed by atoms with E-state index in [0.29, 0.717) is 68.5 Å². The summed E-state index contributed by atoms with van der Waals surface area (Å²) in [5.41, 5.74) is 6.91. The van der Waals surface area contributed by atoms with Crippen molar-refractivity contribution in [2.75, 3.05) is 19.6 Å². The molecule has 1 fully saturated rings. The summed E-state index contributed by atoms with van der Waals surface area (Å²) in [6.07, 6.45) is 7.84. The maximum Gasteiger partial charge on any atom is 0.243 e. The average Bonchev–Trinajstić information content (AvgIpc) is 3.58. The quantitative estimate of drug-likeness (QED) is 0.328. The second-order valence-corrected chi connectivity index (χ2v) is 11.9. The van der Waals surface area contributed by atoms with Crippen LogP contribution in [0.5, 0.6) is 0 Å². The van der Waals surface area contributed by atoms with Crippen LogP contribution < -0.4 is 27.0 Å². The molecule has 1 aromatic carbocycles. The maximum absolute atomic E-state index is 13.5. The van der Waals surface area contributed by atoms with Gasteiger partial charge in [-0.1, -0.05) is 30.3 Å². The molecule has 2 bridgehead atoms. The smallest absolute Gasteiger partial charge is 0.243 e. The SMILES string of the molecule is NC(=O)[C@@H]1CCCCNC(=O)/C=C/CCC(=O)N2CCC[C@H](C2)C(=O)N[C@@H](Cc2ccco2)C(=O)NCc2ccccc2CC(=O)N1. The fourth-order valence-corrected chi connectivity index (χ4v) is 5.76. The highest BCUT2D eigenvalue weighted by Gasteiger charge is 2.31. The highest BCUT2D eigenvalue weighted by molar-refractivity contribution is 5.90. The summed E-state index contributed by atoms with van der Waals surface area (Å²) in [7, 11) is 0. The van der Waals surface area contributed by atoms with E-state index in [4.69, 9.17) is 10.2 Å². The lowest BCUT2D eigenvalue weighted by molar-refractivity contribution is -0.137. The summed E-state index contributed by atoms with van der Waals surface area (Å²) in [5.74, 6) is -2.16. The predicted octanol–water partition coefficient (Wildman–Crippen LogP) is 1.01. The van der Waals surface area contributed by atoms with Gasteiger partial charge < -0.3 is 36.3 Å². The van der Waals surface area contributed by atoms with Crippen LogP contribution in [0, 0.1) is 5.92 Å². The van der Waals surface area contributed by atoms with Crippen LogP contribution >= 0.6 is 0 Å². The highest BCUT2D eigenvalue weighted by atomic mass is 16.3. The molecule has 47 heavy (non-hydrogen) atoms. The number of amides is 6. The van der Waals surface area contributed by atoms with Gasteiger partial charge in [-0.2, -0.15) is 0 Å². The lowest BCUT2D eigenvalue weighted by Crippen LogP contribution is -2.52. The first-order valence-corrected chi connectivity index (χ1v) is 16.2. The van der Waals surface area contributed by atoms with Crippen molar-refractivity contribution in [1.82, 2.24) is 26.2 Å². The van der Waals surface area contributed by atoms with Crippen LogP contribution in [0.2, 0.25) is 0 Å². The van der Waals surface area contributed by atoms with Crippen LogP contribution in [0.1, 0.15) is 61.8 Å². The Morgan fingerprint density at radius 2 is 1.72 bits per heavy atom. The Morgan fingerprint density at radius 1 is 0.915 bits per heavy atom. The monoisotopic (exact) mass is 648 g/mol. The van der Waals surface area contributed by atoms with Crippen molar-refractivity contribution >= 4 is 35.4 Å². The summed E-state index contributed by atoms with van der Waals surface area (Å²) in [6.45, 7) is 1.26. The number of rotatable bonds is 3. The van der Waals surface area contributed by atoms with Gasteiger partial charge in [0.05, 0.1) is 18.6 Å². The molecular formula is C34H44N6O7. The van der Waals surface area contributed by atoms with Gasteiger partial charge in [-0.25, -0.2) is 0 Å². The Labute approximate surface area is 274 Å². The zero-order valence-corrected chi connectivity index (χ0v) is 26.5. The molecule has 13 nitrogen and oxygen atoms in total. The molecule has 0 saturated carbocycles. The van der Waals surface area contributed by atoms with Gasteiger partial charge in [0.2, 0.25) is 35.4 Å². The molecule has 2 aliphatic rings. The largest absolute Gasteiger partial charge is 0.469 e. The third-order valence-corrected chi connectivity index (χ3v) is 8.38. The topological polar surface area (TPSA) is 193 Å². The Bertz CT molecular complexity index is 1440. The molecule has 0 spiro atoms. The van der Waals surface area contributed by atoms with Crippen LogP contribution in [0.3, 0.4) is 0 Å². The summed E-state index contributed by atoms with van der Waals surface area (Å²) in [5, 5.41) is 11.2. The molecular weight excluding hydrogens is 604 g/mol. The summed E-state index contributed by atoms with van der Waals surface area (Å²) in [6, 6.07) is 8.74. The first kappa shape index (κ1) is 34.9. The number of fused-ring (bicyclic) bond motifs is 3. The summed E-state index contributed by atoms with van der Waals surface area (Å²) < 4.78 is 5.46. The molecule has 252 valence electrons. The molecule has 4 rings (SSSR count). The molecule has 13 heteroatoms. The van der Waals surface area contributed by atoms with Gasteiger partial charge >= 0.3 is 0 Å². The number of nitrogens with zero attached hydrogens (tertiary/aromatic N) is 1. The molecule has 0 unspecified atom stereocenters. The number of carbonyl (C=O) groups excluding carboxylic acids is 6. The third kappa shape index (κ3) is 11.1. The number of piperidine rings is 1. The predicted molar refractivity (Wildman–Crippen MR) is 172 cm³/mol. The van der Waals surface area contributed by atoms with Crippen LogP contribution in [-0.2, 0) is 48.2 Å². The van der Waals surface area contributed by atoms with Crippen LogP contribution in [0.25, 0.3) is 0 Å². The van der Waals surface area contributed by atoms with Gasteiger partial charge in [-0.15, -0.1) is 0 Å². The van der Waals surface area contributed by atoms with Crippen LogP contribution in [-0.4, -0.2) is 72.1 Å². The minimum absolute atomic E-state index is 0.0400. The van der Waals surface area contributed by atoms with Crippen LogP contribution in [0.15, 0.2) is 59.2 Å². The number of carbonyl (C=O) groups is 6. The van der Waals surface area contributed by atoms with E-state index in [9.17, 15) is 28.8 Å². The first-order chi connectivity index (χ1) is 22.7. The van der Waals surface area contributed by atoms with Gasteiger partial charge in [0, 0.05) is 39.0 Å². The molecule has 0 aliphatic carbocycles. The number of allylic oxidation sites excluding steroid dienone is 1. The number of benzene rings is 1. The van der Waals surface area contributed by atoms with E-state index in [-0.39, 0.29) is 50.1 Å². The van der Waals surface area contributed by atoms with Crippen molar-refractivity contribution in [1.29, 1.82) is 0 Å². The van der Waals surface area contributed by atoms with Crippen molar-refractivity contribution in [3.8, 4) is 0 Å². The van der Waals surface area contributed by atoms with Crippen molar-refractivity contribution in [2.45, 2.75) is 76.4 Å². The second kappa shape index (κ2) is 17.7. The van der Waals surface area contributed by atoms with Crippen molar-refractivity contribution in [2.24, 2.45) is 11.7 Å². The Morgan fingerprint density at radius 3 is 2.49 bits per heavy atom. The third-order valence-electron chi connectivity index (χ3n) is 8.38. The Kier molecular flexibility index (Phi) is 13.1. The molecule has 0 radical (unpaired) electrons. The van der Waals surface area contributed by atoms with Gasteiger partial charge in [-0.3, -0.25) is 28.8 Å². The fourth-order valence-electron chi connectivity index (χ4n) is 5.76. The lowest BCUT2D eigenvalue weighted by Gasteiger charge is -2.33. The van der Waals surface area contributed by atoms with Crippen LogP contribution in [0.4, 0.5) is 0 Å². The number of furan rings is 1. The van der Waals surface area contributed by atoms with E-state index in [0.717, 1.165) is 0 Å². The zero-order chi connectivity index (χ0) is 33.6. The summed E-state index contributed by atoms with van der Waals surface area (Å²) in [4.78, 5) is 78.7. The van der Waals surface area contributed by atoms with E-state index in [2.05, 4.69) is 21.3 Å². The zero-order valence-electron chi connectivity index (χ0n) is 26.5. The van der Waals surface area contributed by atoms with Crippen molar-refractivity contribution < 1.29 is 33.2 Å². The second-order valence-electron chi connectivity index (χ2n) is 11.9. The normalized spacial score (nSPS) is 23.8. The number of primary amides is 1. The number of hydrogen-bond donors (Lipinski definition) is 5. The molecule has 3 atom stereocenters. The minimum Gasteiger partial charge on any atom is -0.469 e. The van der Waals surface area contributed by atoms with E-state index in [1.807, 2.05) is 0 Å². The van der Waals surface area contributed by atoms with Gasteiger partial charge in [0.25, 0.3) is 0 Å². The van der Waals surface area contributed by atoms with E-state index < -0.39 is 35.7 Å².